The Morgan fingerprint density at radius 2 is 1.63 bits per heavy atom. The zero-order valence-corrected chi connectivity index (χ0v) is 24.8. The fourth-order valence-corrected chi connectivity index (χ4v) is 4.04. The molecule has 226 valence electrons. The van der Waals surface area contributed by atoms with E-state index in [1.54, 1.807) is 45.0 Å². The number of hydrogen-bond donors (Lipinski definition) is 3. The van der Waals surface area contributed by atoms with Gasteiger partial charge < -0.3 is 30.7 Å². The predicted molar refractivity (Wildman–Crippen MR) is 154 cm³/mol. The first kappa shape index (κ1) is 35.0. The summed E-state index contributed by atoms with van der Waals surface area (Å²) in [5.74, 6) is -0.359. The Bertz CT molecular complexity index is 1070. The van der Waals surface area contributed by atoms with Crippen molar-refractivity contribution in [3.8, 4) is 12.3 Å². The number of nitrogens with one attached hydrogen (secondary N) is 2. The molecule has 4 N–H and O–H groups in total. The van der Waals surface area contributed by atoms with Crippen LogP contribution in [0, 0.1) is 12.3 Å². The van der Waals surface area contributed by atoms with Crippen molar-refractivity contribution in [2.45, 2.75) is 90.3 Å². The molecule has 0 radical (unpaired) electrons. The van der Waals surface area contributed by atoms with Gasteiger partial charge in [-0.2, -0.15) is 0 Å². The molecule has 1 aromatic carbocycles. The van der Waals surface area contributed by atoms with E-state index in [1.807, 2.05) is 0 Å². The van der Waals surface area contributed by atoms with Gasteiger partial charge in [0.05, 0.1) is 13.5 Å². The molecule has 0 aliphatic carbocycles. The van der Waals surface area contributed by atoms with Gasteiger partial charge in [0.1, 0.15) is 24.2 Å². The monoisotopic (exact) mass is 572 g/mol. The molecule has 0 aromatic heterocycles. The van der Waals surface area contributed by atoms with Gasteiger partial charge in [-0.05, 0) is 44.9 Å². The molecule has 1 rings (SSSR count). The molecular weight excluding hydrogens is 528 g/mol. The number of primary amides is 1. The summed E-state index contributed by atoms with van der Waals surface area (Å²) in [5, 5.41) is 4.96. The van der Waals surface area contributed by atoms with Crippen LogP contribution in [-0.2, 0) is 28.7 Å². The molecular formula is C30H44N4O7. The number of terminal acetylenes is 1. The summed E-state index contributed by atoms with van der Waals surface area (Å²) in [7, 11) is 1.19. The number of rotatable bonds is 16. The van der Waals surface area contributed by atoms with Gasteiger partial charge in [0, 0.05) is 12.1 Å². The molecule has 0 spiro atoms. The highest BCUT2D eigenvalue weighted by molar-refractivity contribution is 5.95. The number of methoxy groups -OCH3 is 1. The van der Waals surface area contributed by atoms with Crippen LogP contribution < -0.4 is 16.4 Å². The normalized spacial score (nSPS) is 12.3. The number of carbonyl (C=O) groups is 5. The Kier molecular flexibility index (Phi) is 15.0. The number of esters is 1. The number of ether oxygens (including phenoxy) is 2. The topological polar surface area (TPSA) is 157 Å². The lowest BCUT2D eigenvalue weighted by Gasteiger charge is -2.34. The van der Waals surface area contributed by atoms with Crippen molar-refractivity contribution in [3.05, 3.63) is 35.4 Å². The third-order valence-corrected chi connectivity index (χ3v) is 6.02. The van der Waals surface area contributed by atoms with Crippen molar-refractivity contribution < 1.29 is 33.4 Å². The number of nitrogens with zero attached hydrogens (tertiary/aromatic N) is 1. The van der Waals surface area contributed by atoms with Crippen LogP contribution in [0.2, 0.25) is 0 Å². The Morgan fingerprint density at radius 1 is 1.02 bits per heavy atom. The van der Waals surface area contributed by atoms with Gasteiger partial charge in [0.25, 0.3) is 0 Å². The summed E-state index contributed by atoms with van der Waals surface area (Å²) in [5.41, 5.74) is 5.54. The molecule has 0 fully saturated rings. The van der Waals surface area contributed by atoms with Crippen LogP contribution in [0.15, 0.2) is 24.3 Å². The highest BCUT2D eigenvalue weighted by atomic mass is 16.6. The van der Waals surface area contributed by atoms with Crippen LogP contribution in [0.1, 0.15) is 89.8 Å². The molecule has 0 saturated carbocycles. The van der Waals surface area contributed by atoms with E-state index in [0.29, 0.717) is 17.5 Å². The minimum Gasteiger partial charge on any atom is -0.468 e. The smallest absolute Gasteiger partial charge is 0.408 e. The fourth-order valence-electron chi connectivity index (χ4n) is 4.04. The number of hydrogen-bond acceptors (Lipinski definition) is 7. The van der Waals surface area contributed by atoms with Crippen LogP contribution in [0.5, 0.6) is 0 Å². The van der Waals surface area contributed by atoms with E-state index in [4.69, 9.17) is 16.9 Å². The first-order valence-corrected chi connectivity index (χ1v) is 13.8. The Labute approximate surface area is 242 Å². The van der Waals surface area contributed by atoms with Crippen LogP contribution in [-0.4, -0.2) is 66.5 Å². The zero-order valence-electron chi connectivity index (χ0n) is 24.8. The quantitative estimate of drug-likeness (QED) is 0.156. The zero-order chi connectivity index (χ0) is 31.0. The SMILES string of the molecule is C#Cc1ccc(C(C(=O)NCC(=O)OC)N(CCCCCCCC)C(=O)C(CC(N)=O)NC(=O)OC(C)(C)C)cc1. The average molecular weight is 573 g/mol. The van der Waals surface area contributed by atoms with Gasteiger partial charge in [0.15, 0.2) is 0 Å². The van der Waals surface area contributed by atoms with Gasteiger partial charge in [0.2, 0.25) is 17.7 Å². The number of amides is 4. The third-order valence-electron chi connectivity index (χ3n) is 6.02. The molecule has 0 aliphatic rings. The number of alkyl carbamates (subject to hydrolysis) is 1. The molecule has 0 bridgehead atoms. The Hall–Kier alpha value is -4.07. The summed E-state index contributed by atoms with van der Waals surface area (Å²) in [6, 6.07) is 3.87. The average Bonchev–Trinajstić information content (AvgIpc) is 2.90. The highest BCUT2D eigenvalue weighted by Crippen LogP contribution is 2.25. The van der Waals surface area contributed by atoms with E-state index in [9.17, 15) is 24.0 Å². The highest BCUT2D eigenvalue weighted by Gasteiger charge is 2.37. The van der Waals surface area contributed by atoms with Crippen LogP contribution in [0.3, 0.4) is 0 Å². The third kappa shape index (κ3) is 13.2. The summed E-state index contributed by atoms with van der Waals surface area (Å²) in [6.07, 6.45) is 9.53. The summed E-state index contributed by atoms with van der Waals surface area (Å²) >= 11 is 0. The van der Waals surface area contributed by atoms with E-state index in [1.165, 1.54) is 12.0 Å². The van der Waals surface area contributed by atoms with Crippen LogP contribution in [0.4, 0.5) is 4.79 Å². The summed E-state index contributed by atoms with van der Waals surface area (Å²) < 4.78 is 9.92. The Balaban J connectivity index is 3.49. The molecule has 11 heteroatoms. The van der Waals surface area contributed by atoms with Gasteiger partial charge in [-0.1, -0.05) is 57.1 Å². The van der Waals surface area contributed by atoms with Crippen molar-refractivity contribution in [3.63, 3.8) is 0 Å². The minimum atomic E-state index is -1.40. The van der Waals surface area contributed by atoms with E-state index in [-0.39, 0.29) is 6.54 Å². The summed E-state index contributed by atoms with van der Waals surface area (Å²) in [6.45, 7) is 6.79. The number of benzene rings is 1. The van der Waals surface area contributed by atoms with E-state index in [0.717, 1.165) is 32.1 Å². The van der Waals surface area contributed by atoms with Gasteiger partial charge in [-0.25, -0.2) is 4.79 Å². The van der Waals surface area contributed by atoms with E-state index >= 15 is 0 Å². The van der Waals surface area contributed by atoms with Crippen molar-refractivity contribution in [1.82, 2.24) is 15.5 Å². The van der Waals surface area contributed by atoms with Crippen molar-refractivity contribution in [1.29, 1.82) is 0 Å². The second-order valence-corrected chi connectivity index (χ2v) is 10.6. The van der Waals surface area contributed by atoms with Crippen molar-refractivity contribution in [2.75, 3.05) is 20.2 Å². The number of unbranched alkanes of at least 4 members (excludes halogenated alkanes) is 5. The molecule has 0 aliphatic heterocycles. The van der Waals surface area contributed by atoms with Crippen molar-refractivity contribution >= 4 is 29.8 Å². The van der Waals surface area contributed by atoms with Gasteiger partial charge in [-0.15, -0.1) is 6.42 Å². The number of nitrogens with two attached hydrogens (primary N) is 1. The molecule has 2 unspecified atom stereocenters. The molecule has 41 heavy (non-hydrogen) atoms. The van der Waals surface area contributed by atoms with Crippen LogP contribution in [0.25, 0.3) is 0 Å². The van der Waals surface area contributed by atoms with Gasteiger partial charge in [-0.3, -0.25) is 19.2 Å². The second kappa shape index (κ2) is 17.6. The fraction of sp³-hybridized carbons (Fsp3) is 0.567. The maximum Gasteiger partial charge on any atom is 0.408 e. The van der Waals surface area contributed by atoms with E-state index in [2.05, 4.69) is 28.2 Å². The number of carbonyl (C=O) groups excluding carboxylic acids is 5. The van der Waals surface area contributed by atoms with Crippen LogP contribution >= 0.6 is 0 Å². The first-order chi connectivity index (χ1) is 19.3. The lowest BCUT2D eigenvalue weighted by Crippen LogP contribution is -2.54. The molecule has 4 amide bonds. The Morgan fingerprint density at radius 3 is 2.17 bits per heavy atom. The standard InChI is InChI=1S/C30H44N4O7/c1-7-9-10-11-12-13-18-34(28(38)23(19-24(31)35)33-29(39)41-30(3,4)5)26(27(37)32-20-25(36)40-6)22-16-14-21(8-2)15-17-22/h2,14-17,23,26H,7,9-13,18-20H2,1,3-6H3,(H2,31,35)(H,32,37)(H,33,39). The molecule has 11 nitrogen and oxygen atoms in total. The summed E-state index contributed by atoms with van der Waals surface area (Å²) in [4.78, 5) is 65.1. The van der Waals surface area contributed by atoms with E-state index < -0.39 is 60.4 Å². The molecule has 1 aromatic rings. The largest absolute Gasteiger partial charge is 0.468 e. The maximum absolute atomic E-state index is 14.0. The maximum atomic E-state index is 14.0. The molecule has 0 saturated heterocycles. The van der Waals surface area contributed by atoms with Crippen molar-refractivity contribution in [2.24, 2.45) is 5.73 Å². The lowest BCUT2D eigenvalue weighted by molar-refractivity contribution is -0.145. The minimum absolute atomic E-state index is 0.128. The predicted octanol–water partition coefficient (Wildman–Crippen LogP) is 2.96. The first-order valence-electron chi connectivity index (χ1n) is 13.8. The molecule has 0 heterocycles. The molecule has 2 atom stereocenters. The second-order valence-electron chi connectivity index (χ2n) is 10.6. The van der Waals surface area contributed by atoms with Gasteiger partial charge >= 0.3 is 12.1 Å². The lowest BCUT2D eigenvalue weighted by atomic mass is 10.00.